The number of alkyl halides is 4. The Bertz CT molecular complexity index is 437. The number of hydrogen-bond acceptors (Lipinski definition) is 2. The van der Waals surface area contributed by atoms with Gasteiger partial charge in [0, 0.05) is 28.6 Å². The van der Waals surface area contributed by atoms with E-state index in [1.165, 1.54) is 6.20 Å². The Morgan fingerprint density at radius 2 is 2.17 bits per heavy atom. The lowest BCUT2D eigenvalue weighted by Crippen LogP contribution is -2.33. The third kappa shape index (κ3) is 2.82. The molecule has 18 heavy (non-hydrogen) atoms. The largest absolute Gasteiger partial charge is 0.419 e. The van der Waals surface area contributed by atoms with E-state index in [-0.39, 0.29) is 11.9 Å². The molecule has 0 bridgehead atoms. The number of hydrogen-bond donors (Lipinski definition) is 0. The first-order valence-electron chi connectivity index (χ1n) is 5.49. The van der Waals surface area contributed by atoms with Crippen LogP contribution >= 0.6 is 31.9 Å². The zero-order valence-electron chi connectivity index (χ0n) is 9.34. The van der Waals surface area contributed by atoms with E-state index in [1.54, 1.807) is 4.90 Å². The molecular weight excluding hydrogens is 377 g/mol. The first kappa shape index (κ1) is 14.1. The molecule has 0 spiro atoms. The van der Waals surface area contributed by atoms with Crippen molar-refractivity contribution < 1.29 is 13.2 Å². The van der Waals surface area contributed by atoms with Crippen molar-refractivity contribution in [2.75, 3.05) is 16.8 Å². The lowest BCUT2D eigenvalue weighted by atomic mass is 10.2. The minimum Gasteiger partial charge on any atom is -0.352 e. The summed E-state index contributed by atoms with van der Waals surface area (Å²) in [5.41, 5.74) is -0.676. The zero-order valence-corrected chi connectivity index (χ0v) is 12.5. The highest BCUT2D eigenvalue weighted by Crippen LogP contribution is 2.39. The van der Waals surface area contributed by atoms with Crippen LogP contribution in [0.15, 0.2) is 16.7 Å². The van der Waals surface area contributed by atoms with Crippen LogP contribution in [0.1, 0.15) is 18.4 Å². The van der Waals surface area contributed by atoms with Crippen LogP contribution in [0.25, 0.3) is 0 Å². The van der Waals surface area contributed by atoms with Crippen molar-refractivity contribution in [1.29, 1.82) is 0 Å². The molecule has 2 nitrogen and oxygen atoms in total. The topological polar surface area (TPSA) is 16.1 Å². The molecular formula is C11H11Br2F3N2. The molecule has 7 heteroatoms. The summed E-state index contributed by atoms with van der Waals surface area (Å²) >= 11 is 6.38. The molecule has 0 N–H and O–H groups in total. The first-order valence-corrected chi connectivity index (χ1v) is 7.40. The monoisotopic (exact) mass is 386 g/mol. The van der Waals surface area contributed by atoms with Crippen LogP contribution in [0.2, 0.25) is 0 Å². The lowest BCUT2D eigenvalue weighted by Gasteiger charge is -2.27. The molecule has 1 unspecified atom stereocenters. The highest BCUT2D eigenvalue weighted by molar-refractivity contribution is 9.10. The van der Waals surface area contributed by atoms with Crippen molar-refractivity contribution in [3.8, 4) is 0 Å². The third-order valence-corrected chi connectivity index (χ3v) is 4.15. The average molecular weight is 388 g/mol. The number of rotatable bonds is 2. The minimum atomic E-state index is -4.38. The van der Waals surface area contributed by atoms with Gasteiger partial charge in [0.2, 0.25) is 0 Å². The van der Waals surface area contributed by atoms with Gasteiger partial charge >= 0.3 is 6.18 Å². The second-order valence-electron chi connectivity index (χ2n) is 4.17. The normalized spacial score (nSPS) is 20.5. The second kappa shape index (κ2) is 5.36. The maximum atomic E-state index is 13.0. The predicted octanol–water partition coefficient (Wildman–Crippen LogP) is 4.23. The number of halogens is 5. The fourth-order valence-electron chi connectivity index (χ4n) is 2.14. The summed E-state index contributed by atoms with van der Waals surface area (Å²) < 4.78 is 39.4. The average Bonchev–Trinajstić information content (AvgIpc) is 2.75. The standard InChI is InChI=1S/C11H11Br2F3N2/c12-5-8-2-1-3-18(8)10-9(11(14,15)16)4-7(13)6-17-10/h4,6,8H,1-3,5H2. The van der Waals surface area contributed by atoms with Crippen LogP contribution in [0.5, 0.6) is 0 Å². The Labute approximate surface area is 120 Å². The predicted molar refractivity (Wildman–Crippen MR) is 71.1 cm³/mol. The Kier molecular flexibility index (Phi) is 4.21. The van der Waals surface area contributed by atoms with E-state index in [9.17, 15) is 13.2 Å². The molecule has 0 aliphatic carbocycles. The summed E-state index contributed by atoms with van der Waals surface area (Å²) in [7, 11) is 0. The maximum Gasteiger partial charge on any atom is 0.419 e. The first-order chi connectivity index (χ1) is 8.43. The molecule has 100 valence electrons. The summed E-state index contributed by atoms with van der Waals surface area (Å²) in [6.07, 6.45) is -1.19. The number of anilines is 1. The zero-order chi connectivity index (χ0) is 13.3. The summed E-state index contributed by atoms with van der Waals surface area (Å²) in [5.74, 6) is 0.0349. The van der Waals surface area contributed by atoms with E-state index in [0.717, 1.165) is 18.9 Å². The summed E-state index contributed by atoms with van der Waals surface area (Å²) in [6.45, 7) is 0.619. The molecule has 0 saturated carbocycles. The van der Waals surface area contributed by atoms with Gasteiger partial charge < -0.3 is 4.90 Å². The molecule has 1 saturated heterocycles. The van der Waals surface area contributed by atoms with Crippen molar-refractivity contribution >= 4 is 37.7 Å². The Hall–Kier alpha value is -0.300. The number of aromatic nitrogens is 1. The van der Waals surface area contributed by atoms with Crippen LogP contribution in [0.3, 0.4) is 0 Å². The van der Waals surface area contributed by atoms with Crippen LogP contribution in [-0.4, -0.2) is 22.9 Å². The summed E-state index contributed by atoms with van der Waals surface area (Å²) in [5, 5.41) is 0.655. The molecule has 2 rings (SSSR count). The molecule has 0 aromatic carbocycles. The van der Waals surface area contributed by atoms with Gasteiger partial charge in [-0.3, -0.25) is 0 Å². The van der Waals surface area contributed by atoms with Gasteiger partial charge in [0.05, 0.1) is 5.56 Å². The fourth-order valence-corrected chi connectivity index (χ4v) is 3.15. The van der Waals surface area contributed by atoms with Gasteiger partial charge in [0.1, 0.15) is 5.82 Å². The summed E-state index contributed by atoms with van der Waals surface area (Å²) in [6, 6.07) is 1.17. The van der Waals surface area contributed by atoms with Crippen molar-refractivity contribution in [1.82, 2.24) is 4.98 Å². The molecule has 1 aliphatic rings. The van der Waals surface area contributed by atoms with Crippen molar-refractivity contribution in [3.63, 3.8) is 0 Å². The lowest BCUT2D eigenvalue weighted by molar-refractivity contribution is -0.137. The van der Waals surface area contributed by atoms with E-state index >= 15 is 0 Å². The van der Waals surface area contributed by atoms with Gasteiger partial charge in [0.15, 0.2) is 0 Å². The molecule has 2 heterocycles. The van der Waals surface area contributed by atoms with Crippen LogP contribution in [0, 0.1) is 0 Å². The molecule has 1 aromatic heterocycles. The SMILES string of the molecule is FC(F)(F)c1cc(Br)cnc1N1CCCC1CBr. The van der Waals surface area contributed by atoms with Crippen molar-refractivity contribution in [2.45, 2.75) is 25.1 Å². The van der Waals surface area contributed by atoms with E-state index in [0.29, 0.717) is 16.3 Å². The molecule has 1 atom stereocenters. The minimum absolute atomic E-state index is 0.0349. The Balaban J connectivity index is 2.44. The van der Waals surface area contributed by atoms with E-state index in [1.807, 2.05) is 0 Å². The Morgan fingerprint density at radius 1 is 1.44 bits per heavy atom. The fraction of sp³-hybridized carbons (Fsp3) is 0.545. The Morgan fingerprint density at radius 3 is 2.78 bits per heavy atom. The third-order valence-electron chi connectivity index (χ3n) is 2.97. The molecule has 1 aromatic rings. The van der Waals surface area contributed by atoms with Crippen molar-refractivity contribution in [3.05, 3.63) is 22.3 Å². The van der Waals surface area contributed by atoms with Crippen LogP contribution in [-0.2, 0) is 6.18 Å². The van der Waals surface area contributed by atoms with Gasteiger partial charge in [0.25, 0.3) is 0 Å². The van der Waals surface area contributed by atoms with E-state index in [4.69, 9.17) is 0 Å². The molecule has 0 radical (unpaired) electrons. The second-order valence-corrected chi connectivity index (χ2v) is 5.73. The molecule has 1 fully saturated rings. The highest BCUT2D eigenvalue weighted by atomic mass is 79.9. The summed E-state index contributed by atoms with van der Waals surface area (Å²) in [4.78, 5) is 5.70. The number of nitrogens with zero attached hydrogens (tertiary/aromatic N) is 2. The smallest absolute Gasteiger partial charge is 0.352 e. The molecule has 0 amide bonds. The number of pyridine rings is 1. The van der Waals surface area contributed by atoms with Crippen LogP contribution in [0.4, 0.5) is 19.0 Å². The maximum absolute atomic E-state index is 13.0. The van der Waals surface area contributed by atoms with Gasteiger partial charge in [-0.25, -0.2) is 4.98 Å². The van der Waals surface area contributed by atoms with E-state index in [2.05, 4.69) is 36.8 Å². The molecule has 1 aliphatic heterocycles. The van der Waals surface area contributed by atoms with Gasteiger partial charge in [-0.2, -0.15) is 13.2 Å². The van der Waals surface area contributed by atoms with Gasteiger partial charge in [-0.05, 0) is 34.8 Å². The van der Waals surface area contributed by atoms with Crippen LogP contribution < -0.4 is 4.90 Å². The quantitative estimate of drug-likeness (QED) is 0.706. The van der Waals surface area contributed by atoms with E-state index < -0.39 is 11.7 Å². The highest BCUT2D eigenvalue weighted by Gasteiger charge is 2.38. The van der Waals surface area contributed by atoms with Crippen molar-refractivity contribution in [2.24, 2.45) is 0 Å². The van der Waals surface area contributed by atoms with Gasteiger partial charge in [-0.15, -0.1) is 0 Å². The van der Waals surface area contributed by atoms with Gasteiger partial charge in [-0.1, -0.05) is 15.9 Å².